The Bertz CT molecular complexity index is 703. The number of nitrogen functional groups attached to an aromatic ring is 1. The van der Waals surface area contributed by atoms with Gasteiger partial charge in [0, 0.05) is 0 Å². The summed E-state index contributed by atoms with van der Waals surface area (Å²) in [5.41, 5.74) is 4.09. The number of pyridine rings is 1. The van der Waals surface area contributed by atoms with Crippen LogP contribution in [0.25, 0.3) is 0 Å². The van der Waals surface area contributed by atoms with Crippen LogP contribution in [-0.2, 0) is 17.5 Å². The standard InChI is InChI=1S/C15H13F3N2O3/c1-22-14(21)12-11(19)7-10(15(16,17)18)13(20-12)23-8-9-5-3-2-4-6-9/h2-7H,8,19H2,1H3. The summed E-state index contributed by atoms with van der Waals surface area (Å²) in [6, 6.07) is 9.19. The molecule has 0 saturated carbocycles. The molecule has 2 aromatic rings. The maximum atomic E-state index is 13.1. The molecule has 0 saturated heterocycles. The molecule has 0 atom stereocenters. The molecule has 0 aliphatic rings. The van der Waals surface area contributed by atoms with Crippen LogP contribution < -0.4 is 10.5 Å². The van der Waals surface area contributed by atoms with Crippen LogP contribution in [0.5, 0.6) is 5.88 Å². The number of methoxy groups -OCH3 is 1. The molecule has 0 bridgehead atoms. The maximum absolute atomic E-state index is 13.1. The van der Waals surface area contributed by atoms with Crippen molar-refractivity contribution in [3.8, 4) is 5.88 Å². The molecule has 0 aliphatic heterocycles. The van der Waals surface area contributed by atoms with Gasteiger partial charge in [0.2, 0.25) is 5.88 Å². The Kier molecular flexibility index (Phi) is 4.73. The third-order valence-electron chi connectivity index (χ3n) is 2.92. The number of rotatable bonds is 4. The number of aromatic nitrogens is 1. The zero-order chi connectivity index (χ0) is 17.0. The largest absolute Gasteiger partial charge is 0.472 e. The second kappa shape index (κ2) is 6.55. The fourth-order valence-corrected chi connectivity index (χ4v) is 1.81. The Morgan fingerprint density at radius 2 is 1.91 bits per heavy atom. The van der Waals surface area contributed by atoms with Gasteiger partial charge in [0.25, 0.3) is 0 Å². The molecular weight excluding hydrogens is 313 g/mol. The molecule has 2 N–H and O–H groups in total. The van der Waals surface area contributed by atoms with Gasteiger partial charge in [-0.15, -0.1) is 0 Å². The minimum Gasteiger partial charge on any atom is -0.472 e. The Morgan fingerprint density at radius 1 is 1.26 bits per heavy atom. The van der Waals surface area contributed by atoms with E-state index in [1.807, 2.05) is 0 Å². The summed E-state index contributed by atoms with van der Waals surface area (Å²) in [6.07, 6.45) is -4.72. The molecule has 8 heteroatoms. The number of hydrogen-bond acceptors (Lipinski definition) is 5. The monoisotopic (exact) mass is 326 g/mol. The average Bonchev–Trinajstić information content (AvgIpc) is 2.52. The van der Waals surface area contributed by atoms with Crippen molar-refractivity contribution in [3.63, 3.8) is 0 Å². The highest BCUT2D eigenvalue weighted by Crippen LogP contribution is 2.37. The van der Waals surface area contributed by atoms with Crippen LogP contribution in [0.2, 0.25) is 0 Å². The van der Waals surface area contributed by atoms with Crippen LogP contribution in [-0.4, -0.2) is 18.1 Å². The minimum absolute atomic E-state index is 0.137. The zero-order valence-corrected chi connectivity index (χ0v) is 12.1. The highest BCUT2D eigenvalue weighted by atomic mass is 19.4. The Balaban J connectivity index is 2.39. The van der Waals surface area contributed by atoms with Crippen LogP contribution >= 0.6 is 0 Å². The molecule has 1 heterocycles. The van der Waals surface area contributed by atoms with Crippen molar-refractivity contribution in [2.75, 3.05) is 12.8 Å². The van der Waals surface area contributed by atoms with E-state index in [1.54, 1.807) is 30.3 Å². The van der Waals surface area contributed by atoms with E-state index < -0.39 is 35.0 Å². The number of halogens is 3. The molecule has 2 rings (SSSR count). The van der Waals surface area contributed by atoms with Crippen LogP contribution in [0.1, 0.15) is 21.6 Å². The van der Waals surface area contributed by atoms with Crippen molar-refractivity contribution in [2.24, 2.45) is 0 Å². The lowest BCUT2D eigenvalue weighted by atomic mass is 10.2. The number of carbonyl (C=O) groups is 1. The third-order valence-corrected chi connectivity index (χ3v) is 2.92. The van der Waals surface area contributed by atoms with E-state index in [4.69, 9.17) is 10.5 Å². The number of esters is 1. The van der Waals surface area contributed by atoms with Crippen LogP contribution in [0.15, 0.2) is 36.4 Å². The van der Waals surface area contributed by atoms with Crippen molar-refractivity contribution in [3.05, 3.63) is 53.2 Å². The molecule has 0 fully saturated rings. The van der Waals surface area contributed by atoms with Crippen molar-refractivity contribution in [1.82, 2.24) is 4.98 Å². The van der Waals surface area contributed by atoms with E-state index in [0.717, 1.165) is 7.11 Å². The van der Waals surface area contributed by atoms with E-state index in [0.29, 0.717) is 11.6 Å². The highest BCUT2D eigenvalue weighted by Gasteiger charge is 2.37. The summed E-state index contributed by atoms with van der Waals surface area (Å²) < 4.78 is 48.8. The van der Waals surface area contributed by atoms with Crippen molar-refractivity contribution < 1.29 is 27.4 Å². The normalized spacial score (nSPS) is 11.1. The summed E-state index contributed by atoms with van der Waals surface area (Å²) in [6.45, 7) is -0.137. The lowest BCUT2D eigenvalue weighted by Gasteiger charge is -2.15. The molecular formula is C15H13F3N2O3. The van der Waals surface area contributed by atoms with Crippen molar-refractivity contribution >= 4 is 11.7 Å². The molecule has 122 valence electrons. The molecule has 0 spiro atoms. The van der Waals surface area contributed by atoms with Gasteiger partial charge < -0.3 is 15.2 Å². The first-order valence-corrected chi connectivity index (χ1v) is 6.45. The molecule has 1 aromatic carbocycles. The number of anilines is 1. The number of benzene rings is 1. The smallest absolute Gasteiger partial charge is 0.421 e. The Morgan fingerprint density at radius 3 is 2.48 bits per heavy atom. The van der Waals surface area contributed by atoms with Crippen molar-refractivity contribution in [2.45, 2.75) is 12.8 Å². The summed E-state index contributed by atoms with van der Waals surface area (Å²) in [4.78, 5) is 15.1. The SMILES string of the molecule is COC(=O)c1nc(OCc2ccccc2)c(C(F)(F)F)cc1N. The van der Waals surface area contributed by atoms with E-state index in [-0.39, 0.29) is 6.61 Å². The molecule has 0 amide bonds. The maximum Gasteiger partial charge on any atom is 0.421 e. The second-order valence-electron chi connectivity index (χ2n) is 4.54. The zero-order valence-electron chi connectivity index (χ0n) is 12.1. The minimum atomic E-state index is -4.72. The summed E-state index contributed by atoms with van der Waals surface area (Å²) in [5.74, 6) is -1.67. The number of hydrogen-bond donors (Lipinski definition) is 1. The fourth-order valence-electron chi connectivity index (χ4n) is 1.81. The van der Waals surface area contributed by atoms with Gasteiger partial charge >= 0.3 is 12.1 Å². The van der Waals surface area contributed by atoms with Gasteiger partial charge in [-0.05, 0) is 11.6 Å². The lowest BCUT2D eigenvalue weighted by molar-refractivity contribution is -0.139. The highest BCUT2D eigenvalue weighted by molar-refractivity contribution is 5.93. The predicted molar refractivity (Wildman–Crippen MR) is 75.8 cm³/mol. The molecule has 23 heavy (non-hydrogen) atoms. The van der Waals surface area contributed by atoms with Crippen molar-refractivity contribution in [1.29, 1.82) is 0 Å². The second-order valence-corrected chi connectivity index (χ2v) is 4.54. The molecule has 0 aliphatic carbocycles. The van der Waals surface area contributed by atoms with Crippen LogP contribution in [0, 0.1) is 0 Å². The van der Waals surface area contributed by atoms with Gasteiger partial charge in [-0.25, -0.2) is 9.78 Å². The summed E-state index contributed by atoms with van der Waals surface area (Å²) in [5, 5.41) is 0. The number of nitrogens with two attached hydrogens (primary N) is 1. The summed E-state index contributed by atoms with van der Waals surface area (Å²) in [7, 11) is 1.08. The van der Waals surface area contributed by atoms with E-state index in [2.05, 4.69) is 9.72 Å². The average molecular weight is 326 g/mol. The number of carbonyl (C=O) groups excluding carboxylic acids is 1. The lowest BCUT2D eigenvalue weighted by Crippen LogP contribution is -2.16. The topological polar surface area (TPSA) is 74.4 Å². The number of ether oxygens (including phenoxy) is 2. The van der Waals surface area contributed by atoms with E-state index >= 15 is 0 Å². The van der Waals surface area contributed by atoms with Gasteiger partial charge in [-0.3, -0.25) is 0 Å². The number of alkyl halides is 3. The first kappa shape index (κ1) is 16.6. The van der Waals surface area contributed by atoms with Gasteiger partial charge in [-0.2, -0.15) is 13.2 Å². The van der Waals surface area contributed by atoms with Gasteiger partial charge in [0.15, 0.2) is 5.69 Å². The molecule has 1 aromatic heterocycles. The molecule has 0 unspecified atom stereocenters. The molecule has 0 radical (unpaired) electrons. The van der Waals surface area contributed by atoms with E-state index in [1.165, 1.54) is 0 Å². The quantitative estimate of drug-likeness (QED) is 0.874. The van der Waals surface area contributed by atoms with Gasteiger partial charge in [-0.1, -0.05) is 30.3 Å². The summed E-state index contributed by atoms with van der Waals surface area (Å²) >= 11 is 0. The Hall–Kier alpha value is -2.77. The first-order valence-electron chi connectivity index (χ1n) is 6.45. The van der Waals surface area contributed by atoms with Gasteiger partial charge in [0.05, 0.1) is 12.8 Å². The van der Waals surface area contributed by atoms with Gasteiger partial charge in [0.1, 0.15) is 12.2 Å². The fraction of sp³-hybridized carbons (Fsp3) is 0.200. The number of nitrogens with zero attached hydrogens (tertiary/aromatic N) is 1. The predicted octanol–water partition coefficient (Wildman–Crippen LogP) is 3.05. The first-order chi connectivity index (χ1) is 10.8. The van der Waals surface area contributed by atoms with Crippen LogP contribution in [0.3, 0.4) is 0 Å². The third kappa shape index (κ3) is 3.91. The van der Waals surface area contributed by atoms with Crippen LogP contribution in [0.4, 0.5) is 18.9 Å². The Labute approximate surface area is 129 Å². The molecule has 5 nitrogen and oxygen atoms in total. The van der Waals surface area contributed by atoms with E-state index in [9.17, 15) is 18.0 Å².